The van der Waals surface area contributed by atoms with Crippen LogP contribution in [0.3, 0.4) is 0 Å². The number of hydrogen-bond acceptors (Lipinski definition) is 1. The lowest BCUT2D eigenvalue weighted by Crippen LogP contribution is -3.00. The number of aryl methyl sites for hydroxylation is 1. The summed E-state index contributed by atoms with van der Waals surface area (Å²) >= 11 is 0. The average molecular weight is 447 g/mol. The van der Waals surface area contributed by atoms with Gasteiger partial charge in [0.2, 0.25) is 0 Å². The van der Waals surface area contributed by atoms with E-state index < -0.39 is 0 Å². The molecule has 3 aromatic rings. The largest absolute Gasteiger partial charge is 1.00 e. The molecule has 25 heavy (non-hydrogen) atoms. The number of hydrogen-bond donors (Lipinski definition) is 0. The maximum atomic E-state index is 4.78. The van der Waals surface area contributed by atoms with Crippen LogP contribution in [0.1, 0.15) is 50.7 Å². The summed E-state index contributed by atoms with van der Waals surface area (Å²) in [5, 5.41) is 4.78. The third kappa shape index (κ3) is 3.94. The fourth-order valence-corrected chi connectivity index (χ4v) is 3.17. The van der Waals surface area contributed by atoms with Crippen LogP contribution in [-0.2, 0) is 7.05 Å². The minimum atomic E-state index is 0. The molecule has 0 N–H and O–H groups in total. The Hall–Kier alpha value is -1.69. The normalized spacial score (nSPS) is 11.0. The first-order chi connectivity index (χ1) is 11.5. The highest BCUT2D eigenvalue weighted by atomic mass is 127. The van der Waals surface area contributed by atoms with E-state index in [1.807, 2.05) is 22.5 Å². The maximum absolute atomic E-state index is 4.78. The van der Waals surface area contributed by atoms with Gasteiger partial charge in [-0.2, -0.15) is 0 Å². The van der Waals surface area contributed by atoms with Crippen LogP contribution in [0, 0.1) is 0 Å². The number of nitrogens with zero attached hydrogens (tertiary/aromatic N) is 3. The highest BCUT2D eigenvalue weighted by molar-refractivity contribution is 5.57. The van der Waals surface area contributed by atoms with Gasteiger partial charge in [0.25, 0.3) is 0 Å². The number of rotatable bonds is 4. The van der Waals surface area contributed by atoms with Crippen LogP contribution >= 0.6 is 0 Å². The summed E-state index contributed by atoms with van der Waals surface area (Å²) in [6.07, 6.45) is 2.14. The third-order valence-electron chi connectivity index (χ3n) is 4.46. The molecule has 3 nitrogen and oxygen atoms in total. The predicted molar refractivity (Wildman–Crippen MR) is 98.4 cm³/mol. The molecular weight excluding hydrogens is 421 g/mol. The zero-order chi connectivity index (χ0) is 17.3. The van der Waals surface area contributed by atoms with Gasteiger partial charge in [-0.15, -0.1) is 9.36 Å². The van der Waals surface area contributed by atoms with Crippen molar-refractivity contribution in [3.8, 4) is 16.9 Å². The van der Waals surface area contributed by atoms with E-state index in [9.17, 15) is 0 Å². The van der Waals surface area contributed by atoms with Crippen molar-refractivity contribution in [1.29, 1.82) is 0 Å². The van der Waals surface area contributed by atoms with Gasteiger partial charge in [-0.05, 0) is 11.8 Å². The molecule has 3 rings (SSSR count). The molecule has 0 saturated heterocycles. The van der Waals surface area contributed by atoms with Crippen molar-refractivity contribution in [1.82, 2.24) is 9.90 Å². The summed E-state index contributed by atoms with van der Waals surface area (Å²) in [7, 11) is 2.01. The molecule has 0 fully saturated rings. The highest BCUT2D eigenvalue weighted by Gasteiger charge is 2.23. The first-order valence-corrected chi connectivity index (χ1v) is 8.63. The molecule has 0 saturated carbocycles. The van der Waals surface area contributed by atoms with Crippen LogP contribution in [0.4, 0.5) is 0 Å². The standard InChI is InChI=1S/C21H26N3.HI/c1-15(2)18-12-9-13-19(16(3)4)21(18)24-14-20(23(5)22-24)17-10-7-6-8-11-17;/h6-16H,1-5H3;1H/q+1;/p-1. The van der Waals surface area contributed by atoms with Gasteiger partial charge in [0.15, 0.2) is 17.6 Å². The first-order valence-electron chi connectivity index (χ1n) is 8.63. The molecule has 2 aromatic carbocycles. The van der Waals surface area contributed by atoms with Crippen molar-refractivity contribution in [2.75, 3.05) is 0 Å². The summed E-state index contributed by atoms with van der Waals surface area (Å²) in [6.45, 7) is 8.96. The van der Waals surface area contributed by atoms with Crippen molar-refractivity contribution in [2.24, 2.45) is 7.05 Å². The zero-order valence-corrected chi connectivity index (χ0v) is 17.7. The maximum Gasteiger partial charge on any atom is 0.197 e. The van der Waals surface area contributed by atoms with E-state index in [4.69, 9.17) is 5.21 Å². The Labute approximate surface area is 167 Å². The highest BCUT2D eigenvalue weighted by Crippen LogP contribution is 2.28. The summed E-state index contributed by atoms with van der Waals surface area (Å²) in [5.74, 6) is 0.904. The molecular formula is C21H26IN3. The van der Waals surface area contributed by atoms with Crippen LogP contribution in [0.5, 0.6) is 0 Å². The Morgan fingerprint density at radius 3 is 1.92 bits per heavy atom. The molecule has 0 atom stereocenters. The SMILES string of the molecule is CC(C)c1cccc(C(C)C)c1-[n+]1cc(-c2ccccc2)n(C)n1.[I-]. The van der Waals surface area contributed by atoms with Gasteiger partial charge in [0.05, 0.1) is 5.21 Å². The van der Waals surface area contributed by atoms with Crippen LogP contribution in [0.2, 0.25) is 0 Å². The second-order valence-corrected chi connectivity index (χ2v) is 6.93. The Morgan fingerprint density at radius 2 is 1.40 bits per heavy atom. The lowest BCUT2D eigenvalue weighted by molar-refractivity contribution is -0.662. The van der Waals surface area contributed by atoms with Gasteiger partial charge in [0.1, 0.15) is 7.05 Å². The lowest BCUT2D eigenvalue weighted by atomic mass is 9.93. The van der Waals surface area contributed by atoms with E-state index in [1.54, 1.807) is 0 Å². The van der Waals surface area contributed by atoms with Gasteiger partial charge in [-0.3, -0.25) is 0 Å². The van der Waals surface area contributed by atoms with Crippen LogP contribution in [0.15, 0.2) is 54.7 Å². The fourth-order valence-electron chi connectivity index (χ4n) is 3.17. The topological polar surface area (TPSA) is 21.7 Å². The molecule has 0 aliphatic heterocycles. The third-order valence-corrected chi connectivity index (χ3v) is 4.46. The number of benzene rings is 2. The van der Waals surface area contributed by atoms with E-state index in [2.05, 4.69) is 76.4 Å². The van der Waals surface area contributed by atoms with Crippen molar-refractivity contribution >= 4 is 0 Å². The minimum absolute atomic E-state index is 0. The molecule has 4 heteroatoms. The summed E-state index contributed by atoms with van der Waals surface area (Å²) < 4.78 is 4.00. The number of para-hydroxylation sites is 1. The Kier molecular flexibility index (Phi) is 6.38. The van der Waals surface area contributed by atoms with E-state index in [0.717, 1.165) is 5.69 Å². The van der Waals surface area contributed by atoms with Gasteiger partial charge in [-0.1, -0.05) is 76.2 Å². The quantitative estimate of drug-likeness (QED) is 0.440. The van der Waals surface area contributed by atoms with Crippen molar-refractivity contribution in [3.63, 3.8) is 0 Å². The second kappa shape index (κ2) is 8.13. The molecule has 1 heterocycles. The van der Waals surface area contributed by atoms with Crippen LogP contribution in [-0.4, -0.2) is 9.90 Å². The predicted octanol–water partition coefficient (Wildman–Crippen LogP) is 1.61. The van der Waals surface area contributed by atoms with E-state index in [1.165, 1.54) is 22.4 Å². The van der Waals surface area contributed by atoms with Crippen LogP contribution < -0.4 is 28.7 Å². The minimum Gasteiger partial charge on any atom is -1.00 e. The zero-order valence-electron chi connectivity index (χ0n) is 15.6. The van der Waals surface area contributed by atoms with Gasteiger partial charge in [-0.25, -0.2) is 0 Å². The van der Waals surface area contributed by atoms with E-state index >= 15 is 0 Å². The summed E-state index contributed by atoms with van der Waals surface area (Å²) in [6, 6.07) is 17.0. The molecule has 0 amide bonds. The molecule has 0 radical (unpaired) electrons. The monoisotopic (exact) mass is 447 g/mol. The molecule has 0 unspecified atom stereocenters. The Balaban J connectivity index is 0.00000225. The average Bonchev–Trinajstić information content (AvgIpc) is 2.96. The second-order valence-electron chi connectivity index (χ2n) is 6.93. The molecule has 0 aliphatic rings. The fraction of sp³-hybridized carbons (Fsp3) is 0.333. The van der Waals surface area contributed by atoms with Gasteiger partial charge in [0, 0.05) is 16.7 Å². The number of aromatic nitrogens is 3. The molecule has 1 aromatic heterocycles. The first kappa shape index (κ1) is 19.6. The van der Waals surface area contributed by atoms with Crippen molar-refractivity contribution in [3.05, 3.63) is 65.9 Å². The van der Waals surface area contributed by atoms with E-state index in [-0.39, 0.29) is 24.0 Å². The van der Waals surface area contributed by atoms with Crippen molar-refractivity contribution < 1.29 is 28.7 Å². The summed E-state index contributed by atoms with van der Waals surface area (Å²) in [4.78, 5) is 0. The Morgan fingerprint density at radius 1 is 0.840 bits per heavy atom. The molecule has 0 spiro atoms. The molecule has 0 aliphatic carbocycles. The molecule has 0 bridgehead atoms. The lowest BCUT2D eigenvalue weighted by Gasteiger charge is -2.15. The smallest absolute Gasteiger partial charge is 0.197 e. The van der Waals surface area contributed by atoms with Crippen molar-refractivity contribution in [2.45, 2.75) is 39.5 Å². The van der Waals surface area contributed by atoms with Gasteiger partial charge < -0.3 is 24.0 Å². The summed E-state index contributed by atoms with van der Waals surface area (Å²) in [5.41, 5.74) is 6.19. The van der Waals surface area contributed by atoms with E-state index in [0.29, 0.717) is 11.8 Å². The van der Waals surface area contributed by atoms with Crippen LogP contribution in [0.25, 0.3) is 16.9 Å². The number of halogens is 1. The molecule has 132 valence electrons. The Bertz CT molecular complexity index is 809. The van der Waals surface area contributed by atoms with Gasteiger partial charge >= 0.3 is 0 Å².